The Labute approximate surface area is 164 Å². The maximum absolute atomic E-state index is 5.72. The van der Waals surface area contributed by atoms with Gasteiger partial charge in [-0.1, -0.05) is 36.8 Å². The maximum atomic E-state index is 5.72. The summed E-state index contributed by atoms with van der Waals surface area (Å²) in [6, 6.07) is 12.8. The van der Waals surface area contributed by atoms with Crippen molar-refractivity contribution in [3.8, 4) is 0 Å². The van der Waals surface area contributed by atoms with E-state index in [2.05, 4.69) is 45.9 Å². The fraction of sp³-hybridized carbons (Fsp3) is 0.714. The first-order chi connectivity index (χ1) is 12.4. The molecule has 0 aromatic heterocycles. The van der Waals surface area contributed by atoms with Crippen LogP contribution >= 0.6 is 12.4 Å². The van der Waals surface area contributed by atoms with Crippen LogP contribution in [0.5, 0.6) is 0 Å². The number of morpholine rings is 1. The average molecular weight is 380 g/mol. The Hall–Kier alpha value is -0.650. The highest BCUT2D eigenvalue weighted by molar-refractivity contribution is 5.85. The molecule has 5 heteroatoms. The molecular formula is C21H34ClN3O. The minimum Gasteiger partial charge on any atom is -0.379 e. The number of rotatable bonds is 6. The number of nitrogens with zero attached hydrogens (tertiary/aromatic N) is 1. The Morgan fingerprint density at radius 2 is 1.92 bits per heavy atom. The van der Waals surface area contributed by atoms with Crippen molar-refractivity contribution in [2.45, 2.75) is 50.2 Å². The van der Waals surface area contributed by atoms with Gasteiger partial charge in [-0.05, 0) is 50.3 Å². The molecule has 0 amide bonds. The van der Waals surface area contributed by atoms with Gasteiger partial charge in [-0.25, -0.2) is 0 Å². The lowest BCUT2D eigenvalue weighted by molar-refractivity contribution is 0.0519. The van der Waals surface area contributed by atoms with Crippen LogP contribution in [0.25, 0.3) is 0 Å². The smallest absolute Gasteiger partial charge is 0.0623 e. The molecule has 2 saturated heterocycles. The summed E-state index contributed by atoms with van der Waals surface area (Å²) in [7, 11) is 0. The Morgan fingerprint density at radius 1 is 1.12 bits per heavy atom. The Bertz CT molecular complexity index is 517. The van der Waals surface area contributed by atoms with Gasteiger partial charge in [-0.2, -0.15) is 0 Å². The summed E-state index contributed by atoms with van der Waals surface area (Å²) in [5.74, 6) is 0.718. The number of nitrogens with one attached hydrogen (secondary N) is 2. The second kappa shape index (κ2) is 10.0. The van der Waals surface area contributed by atoms with Crippen molar-refractivity contribution in [3.05, 3.63) is 35.9 Å². The largest absolute Gasteiger partial charge is 0.379 e. The van der Waals surface area contributed by atoms with E-state index in [4.69, 9.17) is 4.74 Å². The third-order valence-corrected chi connectivity index (χ3v) is 6.38. The molecule has 0 bridgehead atoms. The van der Waals surface area contributed by atoms with Crippen LogP contribution in [0, 0.1) is 5.92 Å². The van der Waals surface area contributed by atoms with Crippen molar-refractivity contribution >= 4 is 12.4 Å². The van der Waals surface area contributed by atoms with Crippen LogP contribution in [0.15, 0.2) is 30.3 Å². The zero-order valence-electron chi connectivity index (χ0n) is 15.7. The van der Waals surface area contributed by atoms with Crippen LogP contribution in [0.3, 0.4) is 0 Å². The molecule has 1 aromatic rings. The molecule has 0 radical (unpaired) electrons. The monoisotopic (exact) mass is 379 g/mol. The molecule has 4 atom stereocenters. The van der Waals surface area contributed by atoms with Gasteiger partial charge in [0.1, 0.15) is 0 Å². The lowest BCUT2D eigenvalue weighted by atomic mass is 9.93. The van der Waals surface area contributed by atoms with E-state index >= 15 is 0 Å². The average Bonchev–Trinajstić information content (AvgIpc) is 3.36. The van der Waals surface area contributed by atoms with Gasteiger partial charge in [0.25, 0.3) is 0 Å². The summed E-state index contributed by atoms with van der Waals surface area (Å²) < 4.78 is 5.72. The summed E-state index contributed by atoms with van der Waals surface area (Å²) in [4.78, 5) is 2.67. The highest BCUT2D eigenvalue weighted by Crippen LogP contribution is 2.31. The van der Waals surface area contributed by atoms with Crippen LogP contribution < -0.4 is 10.6 Å². The topological polar surface area (TPSA) is 36.5 Å². The number of ether oxygens (including phenoxy) is 1. The summed E-state index contributed by atoms with van der Waals surface area (Å²) in [5.41, 5.74) is 1.46. The molecule has 0 spiro atoms. The highest BCUT2D eigenvalue weighted by atomic mass is 35.5. The first-order valence-corrected chi connectivity index (χ1v) is 10.3. The highest BCUT2D eigenvalue weighted by Gasteiger charge is 2.35. The molecule has 3 aliphatic rings. The van der Waals surface area contributed by atoms with E-state index in [0.29, 0.717) is 18.1 Å². The predicted octanol–water partition coefficient (Wildman–Crippen LogP) is 2.99. The molecule has 2 aliphatic heterocycles. The fourth-order valence-electron chi connectivity index (χ4n) is 5.03. The van der Waals surface area contributed by atoms with Crippen molar-refractivity contribution in [1.82, 2.24) is 15.5 Å². The van der Waals surface area contributed by atoms with Crippen LogP contribution in [0.4, 0.5) is 0 Å². The van der Waals surface area contributed by atoms with E-state index < -0.39 is 0 Å². The van der Waals surface area contributed by atoms with Gasteiger partial charge in [0.15, 0.2) is 0 Å². The molecule has 4 rings (SSSR count). The van der Waals surface area contributed by atoms with Crippen LogP contribution in [0.1, 0.15) is 43.7 Å². The quantitative estimate of drug-likeness (QED) is 0.796. The zero-order valence-corrected chi connectivity index (χ0v) is 16.6. The summed E-state index contributed by atoms with van der Waals surface area (Å²) in [6.07, 6.45) is 6.68. The van der Waals surface area contributed by atoms with Gasteiger partial charge >= 0.3 is 0 Å². The summed E-state index contributed by atoms with van der Waals surface area (Å²) in [5, 5.41) is 7.66. The Kier molecular flexibility index (Phi) is 7.77. The van der Waals surface area contributed by atoms with E-state index in [0.717, 1.165) is 32.2 Å². The number of benzene rings is 1. The maximum Gasteiger partial charge on any atom is 0.0623 e. The van der Waals surface area contributed by atoms with Gasteiger partial charge in [-0.3, -0.25) is 4.90 Å². The summed E-state index contributed by atoms with van der Waals surface area (Å²) in [6.45, 7) is 6.32. The fourth-order valence-corrected chi connectivity index (χ4v) is 5.03. The van der Waals surface area contributed by atoms with Crippen molar-refractivity contribution in [2.75, 3.05) is 39.4 Å². The molecule has 4 nitrogen and oxygen atoms in total. The van der Waals surface area contributed by atoms with Crippen LogP contribution in [-0.2, 0) is 4.74 Å². The standard InChI is InChI=1S/C21H33N3O.ClH/c1-2-7-17(8-3-1)21(24-12-4-5-13-24)15-23-19-10-6-9-18(19)20-16-25-14-11-22-20;/h1-3,7-8,18-23H,4-6,9-16H2;1H. The van der Waals surface area contributed by atoms with Gasteiger partial charge in [-0.15, -0.1) is 12.4 Å². The lowest BCUT2D eigenvalue weighted by Crippen LogP contribution is -2.51. The van der Waals surface area contributed by atoms with Gasteiger partial charge in [0, 0.05) is 31.2 Å². The molecule has 3 fully saturated rings. The van der Waals surface area contributed by atoms with Crippen molar-refractivity contribution < 1.29 is 4.74 Å². The third-order valence-electron chi connectivity index (χ3n) is 6.38. The van der Waals surface area contributed by atoms with Crippen LogP contribution in [-0.4, -0.2) is 56.4 Å². The predicted molar refractivity (Wildman–Crippen MR) is 109 cm³/mol. The molecule has 26 heavy (non-hydrogen) atoms. The minimum atomic E-state index is 0. The van der Waals surface area contributed by atoms with E-state index in [1.54, 1.807) is 0 Å². The molecule has 2 heterocycles. The SMILES string of the molecule is Cl.c1ccc(C(CNC2CCCC2C2COCCN2)N2CCCC2)cc1. The molecule has 1 saturated carbocycles. The second-order valence-corrected chi connectivity index (χ2v) is 7.91. The van der Waals surface area contributed by atoms with Gasteiger partial charge < -0.3 is 15.4 Å². The van der Waals surface area contributed by atoms with E-state index in [1.165, 1.54) is 50.8 Å². The molecule has 1 aromatic carbocycles. The molecule has 4 unspecified atom stereocenters. The third kappa shape index (κ3) is 4.79. The zero-order chi connectivity index (χ0) is 16.9. The normalized spacial score (nSPS) is 30.8. The molecular weight excluding hydrogens is 346 g/mol. The van der Waals surface area contributed by atoms with E-state index in [-0.39, 0.29) is 12.4 Å². The first-order valence-electron chi connectivity index (χ1n) is 10.3. The molecule has 1 aliphatic carbocycles. The minimum absolute atomic E-state index is 0. The number of likely N-dealkylation sites (tertiary alicyclic amines) is 1. The lowest BCUT2D eigenvalue weighted by Gasteiger charge is -2.35. The van der Waals surface area contributed by atoms with Gasteiger partial charge in [0.2, 0.25) is 0 Å². The van der Waals surface area contributed by atoms with Crippen molar-refractivity contribution in [2.24, 2.45) is 5.92 Å². The van der Waals surface area contributed by atoms with Crippen molar-refractivity contribution in [3.63, 3.8) is 0 Å². The second-order valence-electron chi connectivity index (χ2n) is 7.91. The van der Waals surface area contributed by atoms with Crippen molar-refractivity contribution in [1.29, 1.82) is 0 Å². The number of hydrogen-bond acceptors (Lipinski definition) is 4. The number of hydrogen-bond donors (Lipinski definition) is 2. The Balaban J connectivity index is 0.00000196. The first kappa shape index (κ1) is 20.1. The van der Waals surface area contributed by atoms with Gasteiger partial charge in [0.05, 0.1) is 13.2 Å². The Morgan fingerprint density at radius 3 is 2.65 bits per heavy atom. The molecule has 146 valence electrons. The van der Waals surface area contributed by atoms with E-state index in [1.807, 2.05) is 0 Å². The van der Waals surface area contributed by atoms with E-state index in [9.17, 15) is 0 Å². The summed E-state index contributed by atoms with van der Waals surface area (Å²) >= 11 is 0. The number of halogens is 1. The van der Waals surface area contributed by atoms with Crippen LogP contribution in [0.2, 0.25) is 0 Å². The molecule has 2 N–H and O–H groups in total.